The van der Waals surface area contributed by atoms with Crippen LogP contribution in [-0.4, -0.2) is 81.7 Å². The summed E-state index contributed by atoms with van der Waals surface area (Å²) < 4.78 is 0. The van der Waals surface area contributed by atoms with E-state index in [1.165, 1.54) is 0 Å². The van der Waals surface area contributed by atoms with Crippen molar-refractivity contribution in [2.45, 2.75) is 0 Å². The Balaban J connectivity index is 0. The van der Waals surface area contributed by atoms with E-state index in [0.29, 0.717) is 0 Å². The van der Waals surface area contributed by atoms with Crippen molar-refractivity contribution in [1.82, 2.24) is 0 Å². The molecule has 0 aromatic rings. The van der Waals surface area contributed by atoms with Crippen molar-refractivity contribution in [1.29, 1.82) is 0 Å². The van der Waals surface area contributed by atoms with E-state index in [-0.39, 0.29) is 115 Å². The van der Waals surface area contributed by atoms with Crippen LogP contribution in [0.15, 0.2) is 0 Å². The molecule has 0 fully saturated rings. The average molecular weight is 357 g/mol. The Morgan fingerprint density at radius 1 is 0.444 bits per heavy atom. The van der Waals surface area contributed by atoms with Crippen molar-refractivity contribution in [2.24, 2.45) is 0 Å². The van der Waals surface area contributed by atoms with Gasteiger partial charge in [-0.05, 0) is 0 Å². The van der Waals surface area contributed by atoms with Gasteiger partial charge in [-0.15, -0.1) is 0 Å². The average Bonchev–Trinajstić information content (AvgIpc) is 0. The first-order valence-corrected chi connectivity index (χ1v) is 0. The van der Waals surface area contributed by atoms with E-state index >= 15 is 0 Å². The number of hydrogen-bond acceptors (Lipinski definition) is 6. The molecule has 0 aliphatic heterocycles. The molecule has 0 amide bonds. The number of hydrogen-bond donors (Lipinski definition) is 0. The van der Waals surface area contributed by atoms with Gasteiger partial charge >= 0.3 is 82.2 Å². The van der Waals surface area contributed by atoms with Crippen LogP contribution in [-0.2, 0) is 33.3 Å². The molecule has 0 saturated heterocycles. The van der Waals surface area contributed by atoms with E-state index < -0.39 is 0 Å². The largest absolute Gasteiger partial charge is 2.00 e. The maximum Gasteiger partial charge on any atom is 2.00 e. The van der Waals surface area contributed by atoms with Gasteiger partial charge in [0.05, 0.1) is 0 Å². The molecule has 9 heavy (non-hydrogen) atoms. The smallest absolute Gasteiger partial charge is 0.870 e. The molecule has 6 nitrogen and oxygen atoms in total. The van der Waals surface area contributed by atoms with Gasteiger partial charge in [0.1, 0.15) is 0 Å². The summed E-state index contributed by atoms with van der Waals surface area (Å²) in [5, 5.41) is 0. The second-order valence-corrected chi connectivity index (χ2v) is 0. The van der Waals surface area contributed by atoms with Crippen molar-refractivity contribution < 1.29 is 66.1 Å². The molecule has 0 aliphatic carbocycles. The molecular weight excluding hydrogens is 351 g/mol. The summed E-state index contributed by atoms with van der Waals surface area (Å²) >= 11 is 0. The van der Waals surface area contributed by atoms with Gasteiger partial charge in [-0.2, -0.15) is 0 Å². The number of rotatable bonds is 0. The molecule has 0 saturated carbocycles. The van der Waals surface area contributed by atoms with E-state index in [4.69, 9.17) is 0 Å². The van der Waals surface area contributed by atoms with Gasteiger partial charge in [0.2, 0.25) is 0 Å². The molecule has 0 spiro atoms. The minimum Gasteiger partial charge on any atom is -0.870 e. The Labute approximate surface area is 113 Å². The topological polar surface area (TPSA) is 180 Å². The molecule has 0 heterocycles. The van der Waals surface area contributed by atoms with E-state index in [2.05, 4.69) is 0 Å². The van der Waals surface area contributed by atoms with Gasteiger partial charge in [0.25, 0.3) is 0 Å². The minimum absolute atomic E-state index is 0. The molecule has 0 unspecified atom stereocenters. The molecule has 0 aromatic heterocycles. The first-order chi connectivity index (χ1) is 0. The zero-order chi connectivity index (χ0) is 0. The third kappa shape index (κ3) is 132. The van der Waals surface area contributed by atoms with Crippen LogP contribution in [0.3, 0.4) is 0 Å². The fourth-order valence-corrected chi connectivity index (χ4v) is 0. The fraction of sp³-hybridized carbons (Fsp3) is 0. The second-order valence-electron chi connectivity index (χ2n) is 0. The van der Waals surface area contributed by atoms with Crippen LogP contribution in [0.4, 0.5) is 0 Å². The first-order valence-electron chi connectivity index (χ1n) is 0. The summed E-state index contributed by atoms with van der Waals surface area (Å²) in [4.78, 5) is 0. The summed E-state index contributed by atoms with van der Waals surface area (Å²) in [6, 6.07) is 0. The van der Waals surface area contributed by atoms with Crippen LogP contribution in [0.1, 0.15) is 0 Å². The minimum atomic E-state index is 0. The van der Waals surface area contributed by atoms with Crippen LogP contribution < -0.4 is 0 Å². The third-order valence-electron chi connectivity index (χ3n) is 0. The summed E-state index contributed by atoms with van der Waals surface area (Å²) in [6.07, 6.45) is 0. The van der Waals surface area contributed by atoms with Crippen molar-refractivity contribution in [3.8, 4) is 0 Å². The molecule has 6 N–H and O–H groups in total. The van der Waals surface area contributed by atoms with Crippen LogP contribution in [0.5, 0.6) is 0 Å². The normalized spacial score (nSPS) is 0. The summed E-state index contributed by atoms with van der Waals surface area (Å²) in [5.74, 6) is 0. The van der Waals surface area contributed by atoms with Gasteiger partial charge < -0.3 is 32.9 Å². The molecule has 0 aromatic carbocycles. The van der Waals surface area contributed by atoms with Gasteiger partial charge in [-0.3, -0.25) is 0 Å². The van der Waals surface area contributed by atoms with Gasteiger partial charge in [0.15, 0.2) is 0 Å². The molecular formula is H6BaCoNiO6. The molecule has 0 aliphatic rings. The second kappa shape index (κ2) is 166. The van der Waals surface area contributed by atoms with Crippen molar-refractivity contribution >= 4 is 48.9 Å². The summed E-state index contributed by atoms with van der Waals surface area (Å²) in [5.41, 5.74) is 0. The van der Waals surface area contributed by atoms with Gasteiger partial charge in [-0.25, -0.2) is 0 Å². The quantitative estimate of drug-likeness (QED) is 0.478. The fourth-order valence-electron chi connectivity index (χ4n) is 0. The Kier molecular flexibility index (Phi) is 4090. The Bertz CT molecular complexity index is 13.0. The molecule has 9 heteroatoms. The van der Waals surface area contributed by atoms with Gasteiger partial charge in [-0.1, -0.05) is 0 Å². The Morgan fingerprint density at radius 2 is 0.444 bits per heavy atom. The first kappa shape index (κ1) is 223. The monoisotopic (exact) mass is 357 g/mol. The molecule has 0 rings (SSSR count). The van der Waals surface area contributed by atoms with E-state index in [1.54, 1.807) is 0 Å². The predicted octanol–water partition coefficient (Wildman–Crippen LogP) is -1.45. The summed E-state index contributed by atoms with van der Waals surface area (Å²) in [7, 11) is 0. The maximum absolute atomic E-state index is 0. The zero-order valence-electron chi connectivity index (χ0n) is 4.04. The van der Waals surface area contributed by atoms with E-state index in [1.807, 2.05) is 0 Å². The predicted molar refractivity (Wildman–Crippen MR) is 17.4 cm³/mol. The maximum atomic E-state index is 0. The molecule has 1 radical (unpaired) electrons. The van der Waals surface area contributed by atoms with Crippen molar-refractivity contribution in [3.63, 3.8) is 0 Å². The van der Waals surface area contributed by atoms with Crippen LogP contribution >= 0.6 is 0 Å². The Morgan fingerprint density at radius 3 is 0.444 bits per heavy atom. The van der Waals surface area contributed by atoms with Crippen LogP contribution in [0.2, 0.25) is 0 Å². The van der Waals surface area contributed by atoms with Crippen LogP contribution in [0.25, 0.3) is 0 Å². The summed E-state index contributed by atoms with van der Waals surface area (Å²) in [6.45, 7) is 0. The standard InChI is InChI=1S/Ba.Co.Ni.6H2O/h;;;6*1H2/q3*+2;;;;;;/p-6. The molecule has 63 valence electrons. The van der Waals surface area contributed by atoms with E-state index in [9.17, 15) is 0 Å². The van der Waals surface area contributed by atoms with E-state index in [0.717, 1.165) is 0 Å². The van der Waals surface area contributed by atoms with Crippen molar-refractivity contribution in [3.05, 3.63) is 0 Å². The third-order valence-corrected chi connectivity index (χ3v) is 0. The molecule has 0 bridgehead atoms. The Hall–Kier alpha value is 2.33. The van der Waals surface area contributed by atoms with Crippen molar-refractivity contribution in [2.75, 3.05) is 0 Å². The van der Waals surface area contributed by atoms with Gasteiger partial charge in [0, 0.05) is 0 Å². The zero-order valence-corrected chi connectivity index (χ0v) is 10.5. The van der Waals surface area contributed by atoms with Crippen LogP contribution in [0, 0.1) is 0 Å². The SMILES string of the molecule is [Ba+2].[Co+2].[Ni+2].[OH-].[OH-].[OH-].[OH-].[OH-].[OH-]. The molecule has 0 atom stereocenters.